The molecule has 1 atom stereocenters. The number of hydrogen-bond acceptors (Lipinski definition) is 3. The predicted octanol–water partition coefficient (Wildman–Crippen LogP) is 2.50. The predicted molar refractivity (Wildman–Crippen MR) is 94.1 cm³/mol. The van der Waals surface area contributed by atoms with Gasteiger partial charge in [-0.3, -0.25) is 4.79 Å². The van der Waals surface area contributed by atoms with Crippen molar-refractivity contribution in [2.75, 3.05) is 11.4 Å². The second-order valence-corrected chi connectivity index (χ2v) is 8.03. The average molecular weight is 380 g/mol. The number of rotatable bonds is 5. The van der Waals surface area contributed by atoms with E-state index in [1.54, 1.807) is 13.0 Å². The van der Waals surface area contributed by atoms with Crippen molar-refractivity contribution in [3.8, 4) is 0 Å². The van der Waals surface area contributed by atoms with Crippen LogP contribution in [0.1, 0.15) is 17.5 Å². The molecule has 0 radical (unpaired) electrons. The molecule has 1 heterocycles. The molecule has 2 aromatic rings. The number of hydrogen-bond donors (Lipinski definition) is 1. The number of carbonyl (C=O) groups excluding carboxylic acids is 1. The van der Waals surface area contributed by atoms with Gasteiger partial charge in [0.25, 0.3) is 0 Å². The van der Waals surface area contributed by atoms with E-state index in [1.165, 1.54) is 35.2 Å². The number of nitrogens with one attached hydrogen (secondary N) is 1. The van der Waals surface area contributed by atoms with E-state index >= 15 is 0 Å². The number of halogens is 2. The Labute approximate surface area is 150 Å². The Balaban J connectivity index is 1.70. The molecule has 0 spiro atoms. The van der Waals surface area contributed by atoms with E-state index in [9.17, 15) is 22.0 Å². The van der Waals surface area contributed by atoms with E-state index in [2.05, 4.69) is 4.72 Å². The molecule has 1 aliphatic rings. The number of sulfonamides is 1. The SMILES string of the molecule is Cc1cc(N2CC[C@H](NS(=O)(=O)Cc3cccc(F)c3)C2=O)ccc1F. The maximum Gasteiger partial charge on any atom is 0.245 e. The normalized spacial score (nSPS) is 17.7. The van der Waals surface area contributed by atoms with Gasteiger partial charge >= 0.3 is 0 Å². The first-order valence-electron chi connectivity index (χ1n) is 8.07. The summed E-state index contributed by atoms with van der Waals surface area (Å²) in [6.07, 6.45) is 0.303. The summed E-state index contributed by atoms with van der Waals surface area (Å²) in [6.45, 7) is 1.93. The van der Waals surface area contributed by atoms with Gasteiger partial charge in [-0.2, -0.15) is 0 Å². The first-order valence-corrected chi connectivity index (χ1v) is 9.72. The van der Waals surface area contributed by atoms with Crippen molar-refractivity contribution in [2.24, 2.45) is 0 Å². The van der Waals surface area contributed by atoms with Crippen LogP contribution < -0.4 is 9.62 Å². The summed E-state index contributed by atoms with van der Waals surface area (Å²) < 4.78 is 53.6. The van der Waals surface area contributed by atoms with Crippen LogP contribution in [0.15, 0.2) is 42.5 Å². The summed E-state index contributed by atoms with van der Waals surface area (Å²) in [6, 6.07) is 8.74. The number of aryl methyl sites for hydroxylation is 1. The van der Waals surface area contributed by atoms with E-state index in [-0.39, 0.29) is 11.7 Å². The molecule has 0 aliphatic carbocycles. The third kappa shape index (κ3) is 4.08. The van der Waals surface area contributed by atoms with Gasteiger partial charge in [0.1, 0.15) is 17.7 Å². The summed E-state index contributed by atoms with van der Waals surface area (Å²) in [4.78, 5) is 14.0. The largest absolute Gasteiger partial charge is 0.311 e. The topological polar surface area (TPSA) is 66.5 Å². The Morgan fingerprint density at radius 1 is 1.19 bits per heavy atom. The fraction of sp³-hybridized carbons (Fsp3) is 0.278. The molecule has 1 aliphatic heterocycles. The van der Waals surface area contributed by atoms with Gasteiger partial charge in [0.05, 0.1) is 5.75 Å². The Bertz CT molecular complexity index is 947. The van der Waals surface area contributed by atoms with E-state index in [1.807, 2.05) is 0 Å². The third-order valence-corrected chi connectivity index (χ3v) is 5.58. The van der Waals surface area contributed by atoms with Crippen LogP contribution in [0, 0.1) is 18.6 Å². The molecule has 1 saturated heterocycles. The highest BCUT2D eigenvalue weighted by Gasteiger charge is 2.35. The van der Waals surface area contributed by atoms with Gasteiger partial charge in [0.2, 0.25) is 15.9 Å². The number of benzene rings is 2. The fourth-order valence-electron chi connectivity index (χ4n) is 2.95. The zero-order chi connectivity index (χ0) is 18.9. The lowest BCUT2D eigenvalue weighted by atomic mass is 10.2. The number of carbonyl (C=O) groups is 1. The van der Waals surface area contributed by atoms with E-state index in [4.69, 9.17) is 0 Å². The van der Waals surface area contributed by atoms with Crippen LogP contribution in [0.3, 0.4) is 0 Å². The maximum atomic E-state index is 13.4. The van der Waals surface area contributed by atoms with Crippen LogP contribution in [0.5, 0.6) is 0 Å². The average Bonchev–Trinajstić information content (AvgIpc) is 2.90. The summed E-state index contributed by atoms with van der Waals surface area (Å²) in [5, 5.41) is 0. The van der Waals surface area contributed by atoms with Gasteiger partial charge in [-0.25, -0.2) is 21.9 Å². The summed E-state index contributed by atoms with van der Waals surface area (Å²) in [5.74, 6) is -1.69. The van der Waals surface area contributed by atoms with Gasteiger partial charge in [-0.05, 0) is 54.8 Å². The van der Waals surface area contributed by atoms with Crippen molar-refractivity contribution >= 4 is 21.6 Å². The van der Waals surface area contributed by atoms with Crippen molar-refractivity contribution in [2.45, 2.75) is 25.1 Å². The van der Waals surface area contributed by atoms with Crippen molar-refractivity contribution in [3.63, 3.8) is 0 Å². The molecule has 0 unspecified atom stereocenters. The third-order valence-electron chi connectivity index (χ3n) is 4.23. The smallest absolute Gasteiger partial charge is 0.245 e. The highest BCUT2D eigenvalue weighted by Crippen LogP contribution is 2.24. The molecular formula is C18H18F2N2O3S. The summed E-state index contributed by atoms with van der Waals surface area (Å²) >= 11 is 0. The molecule has 26 heavy (non-hydrogen) atoms. The molecular weight excluding hydrogens is 362 g/mol. The Kier molecular flexibility index (Phi) is 5.06. The minimum atomic E-state index is -3.81. The molecule has 0 bridgehead atoms. The van der Waals surface area contributed by atoms with E-state index in [0.29, 0.717) is 29.8 Å². The fourth-order valence-corrected chi connectivity index (χ4v) is 4.30. The standard InChI is InChI=1S/C18H18F2N2O3S/c1-12-9-15(5-6-16(12)20)22-8-7-17(18(22)23)21-26(24,25)11-13-3-2-4-14(19)10-13/h2-6,9-10,17,21H,7-8,11H2,1H3/t17-/m0/s1. The number of amides is 1. The highest BCUT2D eigenvalue weighted by molar-refractivity contribution is 7.88. The van der Waals surface area contributed by atoms with Crippen molar-refractivity contribution in [1.29, 1.82) is 0 Å². The van der Waals surface area contributed by atoms with Crippen LogP contribution >= 0.6 is 0 Å². The van der Waals surface area contributed by atoms with Crippen molar-refractivity contribution in [1.82, 2.24) is 4.72 Å². The first kappa shape index (κ1) is 18.5. The molecule has 2 aromatic carbocycles. The van der Waals surface area contributed by atoms with Gasteiger partial charge in [0, 0.05) is 12.2 Å². The Hall–Kier alpha value is -2.32. The Morgan fingerprint density at radius 2 is 1.96 bits per heavy atom. The van der Waals surface area contributed by atoms with E-state index in [0.717, 1.165) is 6.07 Å². The van der Waals surface area contributed by atoms with Gasteiger partial charge in [-0.1, -0.05) is 12.1 Å². The maximum absolute atomic E-state index is 13.4. The van der Waals surface area contributed by atoms with Gasteiger partial charge in [0.15, 0.2) is 0 Å². The molecule has 3 rings (SSSR count). The molecule has 1 amide bonds. The molecule has 8 heteroatoms. The summed E-state index contributed by atoms with van der Waals surface area (Å²) in [5.41, 5.74) is 1.24. The lowest BCUT2D eigenvalue weighted by molar-refractivity contribution is -0.118. The second kappa shape index (κ2) is 7.13. The van der Waals surface area contributed by atoms with Crippen LogP contribution in [-0.4, -0.2) is 26.9 Å². The van der Waals surface area contributed by atoms with Gasteiger partial charge in [-0.15, -0.1) is 0 Å². The quantitative estimate of drug-likeness (QED) is 0.867. The minimum Gasteiger partial charge on any atom is -0.311 e. The number of nitrogens with zero attached hydrogens (tertiary/aromatic N) is 1. The molecule has 1 N–H and O–H groups in total. The number of anilines is 1. The summed E-state index contributed by atoms with van der Waals surface area (Å²) in [7, 11) is -3.81. The second-order valence-electron chi connectivity index (χ2n) is 6.27. The van der Waals surface area contributed by atoms with Crippen LogP contribution in [0.4, 0.5) is 14.5 Å². The zero-order valence-corrected chi connectivity index (χ0v) is 14.9. The first-order chi connectivity index (χ1) is 12.2. The lowest BCUT2D eigenvalue weighted by Crippen LogP contribution is -2.42. The minimum absolute atomic E-state index is 0.300. The monoisotopic (exact) mass is 380 g/mol. The van der Waals surface area contributed by atoms with Gasteiger partial charge < -0.3 is 4.90 Å². The molecule has 138 valence electrons. The molecule has 1 fully saturated rings. The lowest BCUT2D eigenvalue weighted by Gasteiger charge is -2.18. The molecule has 5 nitrogen and oxygen atoms in total. The zero-order valence-electron chi connectivity index (χ0n) is 14.1. The Morgan fingerprint density at radius 3 is 2.65 bits per heavy atom. The molecule has 0 saturated carbocycles. The van der Waals surface area contributed by atoms with E-state index < -0.39 is 27.6 Å². The highest BCUT2D eigenvalue weighted by atomic mass is 32.2. The molecule has 0 aromatic heterocycles. The van der Waals surface area contributed by atoms with Crippen LogP contribution in [0.25, 0.3) is 0 Å². The van der Waals surface area contributed by atoms with Crippen LogP contribution in [-0.2, 0) is 20.6 Å². The van der Waals surface area contributed by atoms with Crippen molar-refractivity contribution < 1.29 is 22.0 Å². The van der Waals surface area contributed by atoms with Crippen molar-refractivity contribution in [3.05, 3.63) is 65.2 Å². The van der Waals surface area contributed by atoms with Crippen LogP contribution in [0.2, 0.25) is 0 Å².